The van der Waals surface area contributed by atoms with Gasteiger partial charge in [-0.25, -0.2) is 15.0 Å². The van der Waals surface area contributed by atoms with Crippen LogP contribution >= 0.6 is 0 Å². The van der Waals surface area contributed by atoms with Crippen LogP contribution in [0.25, 0.3) is 11.4 Å². The Labute approximate surface area is 179 Å². The number of aromatic nitrogens is 3. The molecule has 4 rings (SSSR count). The molecule has 0 spiro atoms. The summed E-state index contributed by atoms with van der Waals surface area (Å²) >= 11 is 0. The van der Waals surface area contributed by atoms with Crippen molar-refractivity contribution in [2.24, 2.45) is 5.92 Å². The van der Waals surface area contributed by atoms with Gasteiger partial charge in [0.15, 0.2) is 5.82 Å². The van der Waals surface area contributed by atoms with Crippen molar-refractivity contribution >= 4 is 17.9 Å². The van der Waals surface area contributed by atoms with Gasteiger partial charge in [-0.3, -0.25) is 4.79 Å². The molecule has 3 aromatic rings. The van der Waals surface area contributed by atoms with Crippen molar-refractivity contribution in [3.8, 4) is 11.4 Å². The number of nitrogens with zero attached hydrogens (tertiary/aromatic N) is 4. The van der Waals surface area contributed by atoms with Crippen LogP contribution in [0.2, 0.25) is 0 Å². The Morgan fingerprint density at radius 2 is 1.83 bits per heavy atom. The summed E-state index contributed by atoms with van der Waals surface area (Å²) in [7, 11) is 0. The number of nitrogens with one attached hydrogen (secondary N) is 1. The van der Waals surface area contributed by atoms with Gasteiger partial charge in [-0.05, 0) is 68.0 Å². The topological polar surface area (TPSA) is 71.0 Å². The van der Waals surface area contributed by atoms with Gasteiger partial charge >= 0.3 is 0 Å². The molecular weight excluding hydrogens is 374 g/mol. The number of pyridine rings is 1. The monoisotopic (exact) mass is 405 g/mol. The molecule has 1 amide bonds. The van der Waals surface area contributed by atoms with Crippen molar-refractivity contribution in [1.29, 1.82) is 0 Å². The van der Waals surface area contributed by atoms with Crippen LogP contribution in [0.3, 0.4) is 0 Å². The van der Waals surface area contributed by atoms with Crippen molar-refractivity contribution in [2.45, 2.75) is 33.1 Å². The quantitative estimate of drug-likeness (QED) is 0.620. The minimum atomic E-state index is 0. The van der Waals surface area contributed by atoms with Gasteiger partial charge < -0.3 is 10.2 Å². The summed E-state index contributed by atoms with van der Waals surface area (Å²) in [6.45, 7) is 6.66. The number of hydrogen-bond acceptors (Lipinski definition) is 5. The molecule has 1 aliphatic heterocycles. The molecule has 0 bridgehead atoms. The minimum absolute atomic E-state index is 0. The molecule has 1 saturated heterocycles. The second-order valence-corrected chi connectivity index (χ2v) is 7.58. The van der Waals surface area contributed by atoms with Crippen LogP contribution in [0.15, 0.2) is 61.1 Å². The van der Waals surface area contributed by atoms with Gasteiger partial charge in [0.05, 0.1) is 0 Å². The molecule has 1 aliphatic rings. The summed E-state index contributed by atoms with van der Waals surface area (Å²) in [5, 5.41) is 2.61. The Morgan fingerprint density at radius 1 is 1.03 bits per heavy atom. The number of carbonyl (C=O) groups excluding carboxylic acids is 1. The SMILES string of the molecule is C[C@H]1CCCN(c2ccccn2)CC1.Cc1ccc(NC=O)cc1-c1ncccn1.[HH]. The second-order valence-electron chi connectivity index (χ2n) is 7.58. The predicted molar refractivity (Wildman–Crippen MR) is 123 cm³/mol. The third kappa shape index (κ3) is 6.11. The van der Waals surface area contributed by atoms with E-state index in [1.165, 1.54) is 25.8 Å². The summed E-state index contributed by atoms with van der Waals surface area (Å²) in [6, 6.07) is 13.6. The lowest BCUT2D eigenvalue weighted by Crippen LogP contribution is -2.24. The van der Waals surface area contributed by atoms with Gasteiger partial charge in [0, 0.05) is 44.4 Å². The van der Waals surface area contributed by atoms with Crippen LogP contribution in [0, 0.1) is 12.8 Å². The van der Waals surface area contributed by atoms with Crippen LogP contribution in [-0.4, -0.2) is 34.5 Å². The zero-order valence-electron chi connectivity index (χ0n) is 17.7. The Kier molecular flexibility index (Phi) is 7.89. The molecule has 3 heterocycles. The van der Waals surface area contributed by atoms with Crippen LogP contribution in [0.5, 0.6) is 0 Å². The second kappa shape index (κ2) is 11.0. The lowest BCUT2D eigenvalue weighted by molar-refractivity contribution is -0.105. The Bertz CT molecular complexity index is 924. The Morgan fingerprint density at radius 3 is 2.57 bits per heavy atom. The summed E-state index contributed by atoms with van der Waals surface area (Å²) in [5.41, 5.74) is 2.73. The van der Waals surface area contributed by atoms with Crippen LogP contribution in [-0.2, 0) is 4.79 Å². The number of benzene rings is 1. The van der Waals surface area contributed by atoms with Gasteiger partial charge in [-0.2, -0.15) is 0 Å². The molecule has 1 aromatic carbocycles. The summed E-state index contributed by atoms with van der Waals surface area (Å²) in [5.74, 6) is 2.68. The highest BCUT2D eigenvalue weighted by molar-refractivity contribution is 5.75. The highest BCUT2D eigenvalue weighted by Gasteiger charge is 2.14. The maximum atomic E-state index is 10.4. The van der Waals surface area contributed by atoms with Gasteiger partial charge in [0.2, 0.25) is 6.41 Å². The zero-order valence-corrected chi connectivity index (χ0v) is 17.7. The molecule has 6 heteroatoms. The van der Waals surface area contributed by atoms with Gasteiger partial charge in [0.25, 0.3) is 0 Å². The predicted octanol–water partition coefficient (Wildman–Crippen LogP) is 4.97. The fourth-order valence-corrected chi connectivity index (χ4v) is 3.49. The van der Waals surface area contributed by atoms with Gasteiger partial charge in [0.1, 0.15) is 5.82 Å². The smallest absolute Gasteiger partial charge is 0.211 e. The van der Waals surface area contributed by atoms with Crippen molar-refractivity contribution in [1.82, 2.24) is 15.0 Å². The van der Waals surface area contributed by atoms with E-state index in [2.05, 4.69) is 44.2 Å². The molecule has 2 aromatic heterocycles. The number of rotatable bonds is 4. The summed E-state index contributed by atoms with van der Waals surface area (Å²) in [4.78, 5) is 25.5. The van der Waals surface area contributed by atoms with E-state index < -0.39 is 0 Å². The van der Waals surface area contributed by atoms with E-state index in [-0.39, 0.29) is 1.43 Å². The van der Waals surface area contributed by atoms with Gasteiger partial charge in [-0.1, -0.05) is 19.1 Å². The number of aryl methyl sites for hydroxylation is 1. The molecule has 1 atom stereocenters. The average molecular weight is 406 g/mol. The molecule has 30 heavy (non-hydrogen) atoms. The molecule has 1 N–H and O–H groups in total. The van der Waals surface area contributed by atoms with Crippen LogP contribution < -0.4 is 10.2 Å². The van der Waals surface area contributed by atoms with Crippen LogP contribution in [0.4, 0.5) is 11.5 Å². The number of hydrogen-bond donors (Lipinski definition) is 1. The first-order valence-electron chi connectivity index (χ1n) is 10.4. The van der Waals surface area contributed by atoms with E-state index in [0.717, 1.165) is 35.1 Å². The summed E-state index contributed by atoms with van der Waals surface area (Å²) in [6.07, 6.45) is 9.89. The fourth-order valence-electron chi connectivity index (χ4n) is 3.49. The van der Waals surface area contributed by atoms with Gasteiger partial charge in [-0.15, -0.1) is 0 Å². The molecule has 158 valence electrons. The first kappa shape index (κ1) is 21.4. The number of carbonyl (C=O) groups is 1. The Balaban J connectivity index is 0.000000215. The van der Waals surface area contributed by atoms with Crippen molar-refractivity contribution < 1.29 is 6.22 Å². The van der Waals surface area contributed by atoms with E-state index in [1.807, 2.05) is 37.4 Å². The van der Waals surface area contributed by atoms with E-state index in [9.17, 15) is 4.79 Å². The van der Waals surface area contributed by atoms with Crippen molar-refractivity contribution in [2.75, 3.05) is 23.3 Å². The first-order valence-corrected chi connectivity index (χ1v) is 10.4. The Hall–Kier alpha value is -3.28. The number of anilines is 2. The first-order chi connectivity index (χ1) is 14.7. The molecule has 0 aliphatic carbocycles. The lowest BCUT2D eigenvalue weighted by atomic mass is 10.0. The highest BCUT2D eigenvalue weighted by atomic mass is 16.1. The number of amides is 1. The highest BCUT2D eigenvalue weighted by Crippen LogP contribution is 2.23. The largest absolute Gasteiger partial charge is 0.357 e. The molecule has 1 fully saturated rings. The van der Waals surface area contributed by atoms with E-state index in [0.29, 0.717) is 12.2 Å². The van der Waals surface area contributed by atoms with E-state index >= 15 is 0 Å². The molecule has 0 saturated carbocycles. The van der Waals surface area contributed by atoms with E-state index in [1.54, 1.807) is 18.5 Å². The zero-order chi connectivity index (χ0) is 21.2. The van der Waals surface area contributed by atoms with Crippen LogP contribution in [0.1, 0.15) is 33.2 Å². The normalized spacial score (nSPS) is 16.1. The molecule has 0 unspecified atom stereocenters. The standard InChI is InChI=1S/C12H11N3O.C12H18N2.H2/c1-9-3-4-10(15-8-16)7-11(9)12-13-5-2-6-14-12;1-11-5-4-9-14(10-7-11)12-6-2-3-8-13-12;/h2-8H,1H3,(H,15,16);2-3,6,8,11H,4-5,7,9-10H2,1H3;1H/t;11-;/m.0./s1. The minimum Gasteiger partial charge on any atom is -0.357 e. The molecule has 6 nitrogen and oxygen atoms in total. The third-order valence-corrected chi connectivity index (χ3v) is 5.26. The molecular formula is C24H31N5O. The lowest BCUT2D eigenvalue weighted by Gasteiger charge is -2.21. The fraction of sp³-hybridized carbons (Fsp3) is 0.333. The summed E-state index contributed by atoms with van der Waals surface area (Å²) < 4.78 is 0. The molecule has 0 radical (unpaired) electrons. The maximum absolute atomic E-state index is 10.4. The van der Waals surface area contributed by atoms with Crippen molar-refractivity contribution in [3.05, 3.63) is 66.6 Å². The average Bonchev–Trinajstić information content (AvgIpc) is 3.01. The van der Waals surface area contributed by atoms with E-state index in [4.69, 9.17) is 0 Å². The maximum Gasteiger partial charge on any atom is 0.211 e. The third-order valence-electron chi connectivity index (χ3n) is 5.26. The van der Waals surface area contributed by atoms with Crippen molar-refractivity contribution in [3.63, 3.8) is 0 Å².